The lowest BCUT2D eigenvalue weighted by molar-refractivity contribution is -0.384. The summed E-state index contributed by atoms with van der Waals surface area (Å²) in [7, 11) is 0. The lowest BCUT2D eigenvalue weighted by atomic mass is 10.0. The lowest BCUT2D eigenvalue weighted by Crippen LogP contribution is -2.54. The SMILES string of the molecule is CCCCCOc1ccc(N2C(=O)CS[C@]23C(=O)N(CN2CCN(c4ccc([N+](=O)[O-])cc4)CC2)c2ccccc23)cc1. The Morgan fingerprint density at radius 1 is 0.907 bits per heavy atom. The highest BCUT2D eigenvalue weighted by Gasteiger charge is 2.61. The number of anilines is 3. The average molecular weight is 602 g/mol. The monoisotopic (exact) mass is 601 g/mol. The Hall–Kier alpha value is -4.09. The Morgan fingerprint density at radius 2 is 1.60 bits per heavy atom. The van der Waals surface area contributed by atoms with Gasteiger partial charge in [0.25, 0.3) is 11.6 Å². The van der Waals surface area contributed by atoms with Crippen molar-refractivity contribution in [3.63, 3.8) is 0 Å². The Labute approximate surface area is 255 Å². The van der Waals surface area contributed by atoms with E-state index in [2.05, 4.69) is 16.7 Å². The summed E-state index contributed by atoms with van der Waals surface area (Å²) in [6.07, 6.45) is 3.24. The van der Waals surface area contributed by atoms with Gasteiger partial charge in [0.05, 0.1) is 29.6 Å². The number of carbonyl (C=O) groups is 2. The molecular weight excluding hydrogens is 566 g/mol. The van der Waals surface area contributed by atoms with Crippen molar-refractivity contribution < 1.29 is 19.2 Å². The topological polar surface area (TPSA) is 99.5 Å². The fraction of sp³-hybridized carbons (Fsp3) is 0.375. The minimum absolute atomic E-state index is 0.0755. The van der Waals surface area contributed by atoms with Crippen LogP contribution in [0.4, 0.5) is 22.7 Å². The summed E-state index contributed by atoms with van der Waals surface area (Å²) < 4.78 is 5.88. The van der Waals surface area contributed by atoms with Crippen molar-refractivity contribution in [2.45, 2.75) is 31.1 Å². The van der Waals surface area contributed by atoms with Crippen molar-refractivity contribution in [2.24, 2.45) is 0 Å². The van der Waals surface area contributed by atoms with E-state index >= 15 is 0 Å². The zero-order chi connectivity index (χ0) is 30.0. The van der Waals surface area contributed by atoms with Crippen LogP contribution in [0.3, 0.4) is 0 Å². The van der Waals surface area contributed by atoms with Crippen LogP contribution >= 0.6 is 11.8 Å². The summed E-state index contributed by atoms with van der Waals surface area (Å²) in [6, 6.07) is 21.9. The van der Waals surface area contributed by atoms with E-state index in [-0.39, 0.29) is 23.3 Å². The lowest BCUT2D eigenvalue weighted by Gasteiger charge is -2.38. The number of amides is 2. The zero-order valence-corrected chi connectivity index (χ0v) is 25.0. The zero-order valence-electron chi connectivity index (χ0n) is 24.2. The second-order valence-corrected chi connectivity index (χ2v) is 12.1. The van der Waals surface area contributed by atoms with E-state index < -0.39 is 9.79 Å². The molecule has 11 heteroatoms. The number of hydrogen-bond acceptors (Lipinski definition) is 8. The summed E-state index contributed by atoms with van der Waals surface area (Å²) in [4.78, 5) is 45.2. The minimum atomic E-state index is -1.16. The van der Waals surface area contributed by atoms with Crippen LogP contribution in [0.5, 0.6) is 5.75 Å². The maximum atomic E-state index is 14.4. The van der Waals surface area contributed by atoms with Crippen molar-refractivity contribution in [2.75, 3.05) is 59.9 Å². The van der Waals surface area contributed by atoms with Crippen molar-refractivity contribution >= 4 is 46.3 Å². The summed E-state index contributed by atoms with van der Waals surface area (Å²) in [6.45, 7) is 6.15. The number of nitrogens with zero attached hydrogens (tertiary/aromatic N) is 5. The first-order valence-corrected chi connectivity index (χ1v) is 15.7. The number of para-hydroxylation sites is 1. The predicted octanol–water partition coefficient (Wildman–Crippen LogP) is 5.22. The first kappa shape index (κ1) is 29.0. The third kappa shape index (κ3) is 5.43. The minimum Gasteiger partial charge on any atom is -0.494 e. The predicted molar refractivity (Wildman–Crippen MR) is 169 cm³/mol. The molecule has 3 aliphatic rings. The standard InChI is InChI=1S/C32H35N5O5S/c1-2-3-6-21-42-27-15-13-25(14-16-27)36-30(38)22-43-32(36)28-7-4-5-8-29(28)35(31(32)39)23-33-17-19-34(20-18-33)24-9-11-26(12-10-24)37(40)41/h4-5,7-16H,2-3,6,17-23H2,1H3/t32-/m1/s1. The summed E-state index contributed by atoms with van der Waals surface area (Å²) in [5.74, 6) is 0.767. The van der Waals surface area contributed by atoms with Crippen molar-refractivity contribution in [1.82, 2.24) is 4.90 Å². The maximum absolute atomic E-state index is 14.4. The van der Waals surface area contributed by atoms with Crippen LogP contribution < -0.4 is 19.4 Å². The molecule has 1 spiro atoms. The van der Waals surface area contributed by atoms with Gasteiger partial charge in [-0.15, -0.1) is 11.8 Å². The summed E-state index contributed by atoms with van der Waals surface area (Å²) >= 11 is 1.38. The number of non-ortho nitro benzene ring substituents is 1. The van der Waals surface area contributed by atoms with Crippen LogP contribution in [-0.2, 0) is 14.5 Å². The van der Waals surface area contributed by atoms with Gasteiger partial charge in [-0.1, -0.05) is 38.0 Å². The van der Waals surface area contributed by atoms with E-state index in [1.807, 2.05) is 53.4 Å². The second-order valence-electron chi connectivity index (χ2n) is 11.0. The fourth-order valence-corrected chi connectivity index (χ4v) is 7.42. The molecule has 6 rings (SSSR count). The first-order chi connectivity index (χ1) is 20.9. The fourth-order valence-electron chi connectivity index (χ4n) is 6.06. The molecule has 3 aromatic carbocycles. The molecule has 43 heavy (non-hydrogen) atoms. The number of benzene rings is 3. The van der Waals surface area contributed by atoms with Gasteiger partial charge >= 0.3 is 0 Å². The third-order valence-corrected chi connectivity index (χ3v) is 9.70. The van der Waals surface area contributed by atoms with Crippen molar-refractivity contribution in [3.05, 3.63) is 88.5 Å². The van der Waals surface area contributed by atoms with Crippen LogP contribution in [0.15, 0.2) is 72.8 Å². The molecule has 0 aromatic heterocycles. The molecule has 0 unspecified atom stereocenters. The molecule has 2 amide bonds. The normalized spacial score (nSPS) is 20.3. The number of carbonyl (C=O) groups excluding carboxylic acids is 2. The Bertz CT molecular complexity index is 1490. The van der Waals surface area contributed by atoms with E-state index in [0.717, 1.165) is 68.1 Å². The van der Waals surface area contributed by atoms with E-state index in [4.69, 9.17) is 4.74 Å². The van der Waals surface area contributed by atoms with Gasteiger partial charge in [-0.05, 0) is 48.9 Å². The highest BCUT2D eigenvalue weighted by Crippen LogP contribution is 2.55. The number of unbranched alkanes of at least 4 members (excludes halogenated alkanes) is 2. The van der Waals surface area contributed by atoms with Gasteiger partial charge in [0.2, 0.25) is 10.8 Å². The van der Waals surface area contributed by atoms with Gasteiger partial charge in [-0.2, -0.15) is 0 Å². The Kier molecular flexibility index (Phi) is 8.27. The molecule has 0 saturated carbocycles. The van der Waals surface area contributed by atoms with Gasteiger partial charge in [0.15, 0.2) is 0 Å². The van der Waals surface area contributed by atoms with Gasteiger partial charge in [0, 0.05) is 55.2 Å². The van der Waals surface area contributed by atoms with Crippen LogP contribution in [0.2, 0.25) is 0 Å². The van der Waals surface area contributed by atoms with Crippen molar-refractivity contribution in [3.8, 4) is 5.75 Å². The number of rotatable bonds is 10. The molecule has 224 valence electrons. The number of piperazine rings is 1. The quantitative estimate of drug-likeness (QED) is 0.177. The van der Waals surface area contributed by atoms with E-state index in [0.29, 0.717) is 19.0 Å². The third-order valence-electron chi connectivity index (χ3n) is 8.31. The molecule has 0 bridgehead atoms. The Balaban J connectivity index is 1.19. The second kappa shape index (κ2) is 12.3. The molecule has 0 N–H and O–H groups in total. The molecule has 10 nitrogen and oxygen atoms in total. The molecule has 1 atom stereocenters. The molecule has 3 aromatic rings. The van der Waals surface area contributed by atoms with E-state index in [1.54, 1.807) is 17.0 Å². The number of hydrogen-bond donors (Lipinski definition) is 0. The van der Waals surface area contributed by atoms with Gasteiger partial charge in [0.1, 0.15) is 5.75 Å². The van der Waals surface area contributed by atoms with Gasteiger partial charge in [-0.3, -0.25) is 34.4 Å². The molecule has 2 saturated heterocycles. The van der Waals surface area contributed by atoms with Crippen LogP contribution in [0.1, 0.15) is 31.7 Å². The number of ether oxygens (including phenoxy) is 1. The van der Waals surface area contributed by atoms with Crippen LogP contribution in [-0.4, -0.2) is 66.8 Å². The van der Waals surface area contributed by atoms with Crippen LogP contribution in [0, 0.1) is 10.1 Å². The smallest absolute Gasteiger partial charge is 0.269 e. The average Bonchev–Trinajstić information content (AvgIpc) is 3.50. The molecular formula is C32H35N5O5S. The van der Waals surface area contributed by atoms with E-state index in [9.17, 15) is 19.7 Å². The van der Waals surface area contributed by atoms with E-state index in [1.165, 1.54) is 23.9 Å². The number of nitro groups is 1. The Morgan fingerprint density at radius 3 is 2.30 bits per heavy atom. The maximum Gasteiger partial charge on any atom is 0.269 e. The number of thioether (sulfide) groups is 1. The first-order valence-electron chi connectivity index (χ1n) is 14.8. The largest absolute Gasteiger partial charge is 0.494 e. The van der Waals surface area contributed by atoms with Gasteiger partial charge < -0.3 is 9.64 Å². The molecule has 0 radical (unpaired) electrons. The summed E-state index contributed by atoms with van der Waals surface area (Å²) in [5, 5.41) is 11.0. The van der Waals surface area contributed by atoms with Gasteiger partial charge in [-0.25, -0.2) is 0 Å². The molecule has 0 aliphatic carbocycles. The molecule has 2 fully saturated rings. The van der Waals surface area contributed by atoms with Crippen LogP contribution in [0.25, 0.3) is 0 Å². The number of nitro benzene ring substituents is 1. The highest BCUT2D eigenvalue weighted by molar-refractivity contribution is 8.02. The summed E-state index contributed by atoms with van der Waals surface area (Å²) in [5.41, 5.74) is 3.36. The molecule has 3 aliphatic heterocycles. The highest BCUT2D eigenvalue weighted by atomic mass is 32.2. The molecule has 3 heterocycles. The number of fused-ring (bicyclic) bond motifs is 2. The van der Waals surface area contributed by atoms with Crippen molar-refractivity contribution in [1.29, 1.82) is 0 Å².